The van der Waals surface area contributed by atoms with Gasteiger partial charge in [0.2, 0.25) is 0 Å². The number of carbonyl (C=O) groups excluding carboxylic acids is 1. The van der Waals surface area contributed by atoms with Gasteiger partial charge in [0.1, 0.15) is 0 Å². The first-order valence-electron chi connectivity index (χ1n) is 5.52. The molecule has 0 amide bonds. The molecule has 0 unspecified atom stereocenters. The summed E-state index contributed by atoms with van der Waals surface area (Å²) in [7, 11) is -2.96. The van der Waals surface area contributed by atoms with Crippen LogP contribution in [-0.2, 0) is 8.91 Å². The van der Waals surface area contributed by atoms with Crippen LogP contribution >= 0.6 is 0 Å². The Balaban J connectivity index is 3.94. The van der Waals surface area contributed by atoms with Crippen molar-refractivity contribution in [2.75, 3.05) is 0 Å². The summed E-state index contributed by atoms with van der Waals surface area (Å²) in [5.41, 5.74) is 0. The van der Waals surface area contributed by atoms with Crippen molar-refractivity contribution in [1.82, 2.24) is 0 Å². The van der Waals surface area contributed by atoms with Gasteiger partial charge in [-0.2, -0.15) is 0 Å². The molecule has 0 aromatic heterocycles. The molecule has 0 radical (unpaired) electrons. The molecule has 0 heterocycles. The molecule has 0 bridgehead atoms. The molecule has 0 spiro atoms. The summed E-state index contributed by atoms with van der Waals surface area (Å²) in [4.78, 5) is 11.0. The number of hydrogen-bond donors (Lipinski definition) is 0. The Bertz CT molecular complexity index is 229. The number of ketones is 1. The minimum atomic E-state index is -1.54. The summed E-state index contributed by atoms with van der Waals surface area (Å²) in [5, 5.41) is 0. The molecule has 4 heteroatoms. The Hall–Kier alpha value is -0.196. The van der Waals surface area contributed by atoms with Crippen LogP contribution in [0.3, 0.4) is 0 Å². The molecule has 0 atom stereocenters. The topological polar surface area (TPSA) is 26.3 Å². The molecule has 0 aliphatic rings. The second-order valence-electron chi connectivity index (χ2n) is 5.50. The molecule has 0 rings (SSSR count). The largest absolute Gasteiger partial charge is 0.456 e. The highest BCUT2D eigenvalue weighted by molar-refractivity contribution is 6.84. The van der Waals surface area contributed by atoms with Gasteiger partial charge in [-0.3, -0.25) is 4.79 Å². The maximum Gasteiger partial charge on any atom is 0.173 e. The van der Waals surface area contributed by atoms with Gasteiger partial charge in [0.25, 0.3) is 0 Å². The van der Waals surface area contributed by atoms with Gasteiger partial charge < -0.3 is 4.12 Å². The van der Waals surface area contributed by atoms with Crippen molar-refractivity contribution in [3.8, 4) is 0 Å². The van der Waals surface area contributed by atoms with Crippen LogP contribution in [0.1, 0.15) is 12.8 Å². The maximum atomic E-state index is 11.0. The summed E-state index contributed by atoms with van der Waals surface area (Å²) < 4.78 is 6.18. The Labute approximate surface area is 96.0 Å². The van der Waals surface area contributed by atoms with E-state index < -0.39 is 16.6 Å². The average molecular weight is 244 g/mol. The van der Waals surface area contributed by atoms with Crippen molar-refractivity contribution in [3.63, 3.8) is 0 Å². The minimum Gasteiger partial charge on any atom is -0.456 e. The maximum absolute atomic E-state index is 11.0. The van der Waals surface area contributed by atoms with E-state index in [9.17, 15) is 4.79 Å². The van der Waals surface area contributed by atoms with E-state index in [1.807, 2.05) is 0 Å². The number of rotatable bonds is 7. The minimum absolute atomic E-state index is 0.146. The zero-order valence-electron chi connectivity index (χ0n) is 10.7. The fourth-order valence-electron chi connectivity index (χ4n) is 1.67. The Morgan fingerprint density at radius 3 is 2.20 bits per heavy atom. The normalized spacial score (nSPS) is 12.6. The van der Waals surface area contributed by atoms with Crippen LogP contribution in [0.4, 0.5) is 0 Å². The molecule has 0 aliphatic carbocycles. The van der Waals surface area contributed by atoms with Crippen molar-refractivity contribution < 1.29 is 8.91 Å². The van der Waals surface area contributed by atoms with E-state index in [0.717, 1.165) is 12.5 Å². The van der Waals surface area contributed by atoms with E-state index >= 15 is 0 Å². The van der Waals surface area contributed by atoms with Gasteiger partial charge in [0.05, 0.1) is 0 Å². The number of allylic oxidation sites excluding steroid dienone is 1. The van der Waals surface area contributed by atoms with E-state index in [-0.39, 0.29) is 5.78 Å². The van der Waals surface area contributed by atoms with Gasteiger partial charge in [-0.25, -0.2) is 0 Å². The summed E-state index contributed by atoms with van der Waals surface area (Å²) in [6.07, 6.45) is 2.97. The third-order valence-corrected chi connectivity index (χ3v) is 8.23. The van der Waals surface area contributed by atoms with E-state index in [2.05, 4.69) is 39.3 Å². The molecule has 0 saturated heterocycles. The molecule has 15 heavy (non-hydrogen) atoms. The van der Waals surface area contributed by atoms with Crippen LogP contribution in [-0.4, -0.2) is 22.4 Å². The van der Waals surface area contributed by atoms with Crippen LogP contribution in [0.5, 0.6) is 0 Å². The number of hydrogen-bond acceptors (Lipinski definition) is 2. The molecular formula is C11H24O2Si2. The van der Waals surface area contributed by atoms with Crippen LogP contribution < -0.4 is 0 Å². The van der Waals surface area contributed by atoms with Crippen LogP contribution in [0.2, 0.25) is 38.8 Å². The number of carbonyl (C=O) groups is 1. The zero-order chi connectivity index (χ0) is 12.1. The first-order valence-corrected chi connectivity index (χ1v) is 12.0. The molecule has 0 aromatic rings. The Morgan fingerprint density at radius 2 is 1.80 bits per heavy atom. The Kier molecular flexibility index (Phi) is 5.69. The van der Waals surface area contributed by atoms with E-state index in [1.54, 1.807) is 0 Å². The molecule has 88 valence electrons. The van der Waals surface area contributed by atoms with Gasteiger partial charge in [0.15, 0.2) is 22.4 Å². The predicted octanol–water partition coefficient (Wildman–Crippen LogP) is 3.58. The van der Waals surface area contributed by atoms with Crippen molar-refractivity contribution in [3.05, 3.63) is 12.7 Å². The van der Waals surface area contributed by atoms with Gasteiger partial charge >= 0.3 is 0 Å². The van der Waals surface area contributed by atoms with Crippen LogP contribution in [0.25, 0.3) is 0 Å². The van der Waals surface area contributed by atoms with E-state index in [1.165, 1.54) is 6.08 Å². The highest BCUT2D eigenvalue weighted by Gasteiger charge is 2.28. The standard InChI is InChI=1S/C11H24O2Si2/c1-7-11(12)9-8-10-15(5,6)13-14(2,3)4/h7H,1,8-10H2,2-6H3. The second-order valence-corrected chi connectivity index (χ2v) is 14.6. The lowest BCUT2D eigenvalue weighted by Gasteiger charge is -2.31. The first kappa shape index (κ1) is 14.8. The molecule has 0 N–H and O–H groups in total. The molecule has 2 nitrogen and oxygen atoms in total. The quantitative estimate of drug-likeness (QED) is 0.505. The van der Waals surface area contributed by atoms with Crippen LogP contribution in [0.15, 0.2) is 12.7 Å². The second kappa shape index (κ2) is 5.77. The third kappa shape index (κ3) is 8.78. The first-order chi connectivity index (χ1) is 6.66. The predicted molar refractivity (Wildman–Crippen MR) is 71.2 cm³/mol. The van der Waals surface area contributed by atoms with Gasteiger partial charge in [-0.1, -0.05) is 6.58 Å². The molecular weight excluding hydrogens is 220 g/mol. The lowest BCUT2D eigenvalue weighted by Crippen LogP contribution is -2.42. The summed E-state index contributed by atoms with van der Waals surface area (Å²) in [6.45, 7) is 14.6. The summed E-state index contributed by atoms with van der Waals surface area (Å²) >= 11 is 0. The Morgan fingerprint density at radius 1 is 1.27 bits per heavy atom. The third-order valence-electron chi connectivity index (χ3n) is 2.01. The lowest BCUT2D eigenvalue weighted by molar-refractivity contribution is -0.114. The lowest BCUT2D eigenvalue weighted by atomic mass is 10.2. The fourth-order valence-corrected chi connectivity index (χ4v) is 9.74. The van der Waals surface area contributed by atoms with Gasteiger partial charge in [-0.05, 0) is 51.3 Å². The van der Waals surface area contributed by atoms with E-state index in [4.69, 9.17) is 4.12 Å². The van der Waals surface area contributed by atoms with Crippen molar-refractivity contribution in [1.29, 1.82) is 0 Å². The van der Waals surface area contributed by atoms with Crippen molar-refractivity contribution >= 4 is 22.4 Å². The highest BCUT2D eigenvalue weighted by atomic mass is 28.4. The molecule has 0 aromatic carbocycles. The smallest absolute Gasteiger partial charge is 0.173 e. The van der Waals surface area contributed by atoms with Crippen molar-refractivity contribution in [2.24, 2.45) is 0 Å². The van der Waals surface area contributed by atoms with Gasteiger partial charge in [-0.15, -0.1) is 0 Å². The SMILES string of the molecule is C=CC(=O)CCC[Si](C)(C)O[Si](C)(C)C. The summed E-state index contributed by atoms with van der Waals surface area (Å²) in [6, 6.07) is 1.07. The average Bonchev–Trinajstić information content (AvgIpc) is 1.98. The fraction of sp³-hybridized carbons (Fsp3) is 0.727. The van der Waals surface area contributed by atoms with Crippen LogP contribution in [0, 0.1) is 0 Å². The zero-order valence-corrected chi connectivity index (χ0v) is 12.7. The highest BCUT2D eigenvalue weighted by Crippen LogP contribution is 2.20. The monoisotopic (exact) mass is 244 g/mol. The van der Waals surface area contributed by atoms with Gasteiger partial charge in [0, 0.05) is 6.42 Å². The van der Waals surface area contributed by atoms with Crippen molar-refractivity contribution in [2.45, 2.75) is 51.6 Å². The molecule has 0 saturated carbocycles. The molecule has 0 fully saturated rings. The summed E-state index contributed by atoms with van der Waals surface area (Å²) in [5.74, 6) is 0.146. The molecule has 0 aliphatic heterocycles. The van der Waals surface area contributed by atoms with E-state index in [0.29, 0.717) is 6.42 Å².